The molecule has 0 bridgehead atoms. The molecule has 0 unspecified atom stereocenters. The summed E-state index contributed by atoms with van der Waals surface area (Å²) in [4.78, 5) is 13.1. The lowest BCUT2D eigenvalue weighted by Crippen LogP contribution is -2.15. The van der Waals surface area contributed by atoms with Crippen LogP contribution in [0.2, 0.25) is 0 Å². The molecule has 0 radical (unpaired) electrons. The van der Waals surface area contributed by atoms with Crippen LogP contribution in [0.25, 0.3) is 11.6 Å². The van der Waals surface area contributed by atoms with Crippen LogP contribution in [0.1, 0.15) is 18.2 Å². The maximum absolute atomic E-state index is 13.1. The summed E-state index contributed by atoms with van der Waals surface area (Å²) in [7, 11) is -3.80. The van der Waals surface area contributed by atoms with Crippen molar-refractivity contribution in [2.45, 2.75) is 11.8 Å². The maximum atomic E-state index is 13.1. The van der Waals surface area contributed by atoms with Crippen LogP contribution in [0.15, 0.2) is 107 Å². The zero-order chi connectivity index (χ0) is 24.7. The minimum atomic E-state index is -3.80. The van der Waals surface area contributed by atoms with E-state index < -0.39 is 10.0 Å². The van der Waals surface area contributed by atoms with Crippen molar-refractivity contribution in [2.75, 3.05) is 16.6 Å². The maximum Gasteiger partial charge on any atom is 0.261 e. The molecule has 0 atom stereocenters. The van der Waals surface area contributed by atoms with Crippen LogP contribution in [0.4, 0.5) is 11.4 Å². The molecule has 1 heterocycles. The van der Waals surface area contributed by atoms with E-state index in [1.165, 1.54) is 18.4 Å². The molecule has 4 rings (SSSR count). The number of hydrogen-bond donors (Lipinski definition) is 2. The monoisotopic (exact) mass is 488 g/mol. The second-order valence-corrected chi connectivity index (χ2v) is 9.16. The third kappa shape index (κ3) is 6.18. The summed E-state index contributed by atoms with van der Waals surface area (Å²) in [6.45, 7) is 2.40. The highest BCUT2D eigenvalue weighted by Crippen LogP contribution is 2.23. The molecule has 0 fully saturated rings. The number of carbonyl (C=O) groups excluding carboxylic acids is 1. The van der Waals surface area contributed by atoms with E-state index in [1.807, 2.05) is 37.3 Å². The SMILES string of the molecule is CCOc1ccc(NS(=O)(=O)c2ccc(NC(=O)/C(=C/c3ccco3)c3ccccc3)cc2)cc1. The van der Waals surface area contributed by atoms with Crippen LogP contribution in [0.3, 0.4) is 0 Å². The predicted molar refractivity (Wildman–Crippen MR) is 137 cm³/mol. The number of sulfonamides is 1. The first-order valence-electron chi connectivity index (χ1n) is 10.9. The molecule has 8 heteroatoms. The number of amides is 1. The summed E-state index contributed by atoms with van der Waals surface area (Å²) in [5.41, 5.74) is 2.01. The predicted octanol–water partition coefficient (Wildman–Crippen LogP) is 5.66. The number of furan rings is 1. The first-order chi connectivity index (χ1) is 16.9. The molecule has 178 valence electrons. The van der Waals surface area contributed by atoms with E-state index in [2.05, 4.69) is 10.0 Å². The van der Waals surface area contributed by atoms with Crippen molar-refractivity contribution in [3.8, 4) is 5.75 Å². The van der Waals surface area contributed by atoms with Gasteiger partial charge in [0.2, 0.25) is 0 Å². The molecular weight excluding hydrogens is 464 g/mol. The van der Waals surface area contributed by atoms with Crippen molar-refractivity contribution in [1.29, 1.82) is 0 Å². The van der Waals surface area contributed by atoms with Crippen LogP contribution in [-0.2, 0) is 14.8 Å². The Kier molecular flexibility index (Phi) is 7.32. The lowest BCUT2D eigenvalue weighted by atomic mass is 10.0. The summed E-state index contributed by atoms with van der Waals surface area (Å²) in [5.74, 6) is 0.850. The first kappa shape index (κ1) is 23.8. The van der Waals surface area contributed by atoms with Gasteiger partial charge in [-0.1, -0.05) is 30.3 Å². The Balaban J connectivity index is 1.49. The van der Waals surface area contributed by atoms with E-state index in [0.717, 1.165) is 5.56 Å². The average Bonchev–Trinajstić information content (AvgIpc) is 3.38. The number of benzene rings is 3. The van der Waals surface area contributed by atoms with Gasteiger partial charge in [0.25, 0.3) is 15.9 Å². The Hall–Kier alpha value is -4.30. The fraction of sp³-hybridized carbons (Fsp3) is 0.0741. The molecule has 2 N–H and O–H groups in total. The van der Waals surface area contributed by atoms with Crippen molar-refractivity contribution in [3.05, 3.63) is 109 Å². The Labute approximate surface area is 204 Å². The third-order valence-corrected chi connectivity index (χ3v) is 6.40. The Morgan fingerprint density at radius 2 is 1.57 bits per heavy atom. The van der Waals surface area contributed by atoms with Gasteiger partial charge in [-0.25, -0.2) is 8.42 Å². The zero-order valence-corrected chi connectivity index (χ0v) is 19.8. The third-order valence-electron chi connectivity index (χ3n) is 5.00. The minimum absolute atomic E-state index is 0.0683. The molecule has 0 aliphatic heterocycles. The van der Waals surface area contributed by atoms with Crippen LogP contribution in [0.5, 0.6) is 5.75 Å². The fourth-order valence-corrected chi connectivity index (χ4v) is 4.39. The van der Waals surface area contributed by atoms with E-state index in [1.54, 1.807) is 54.6 Å². The largest absolute Gasteiger partial charge is 0.494 e. The van der Waals surface area contributed by atoms with Crippen molar-refractivity contribution < 1.29 is 22.4 Å². The Morgan fingerprint density at radius 3 is 2.20 bits per heavy atom. The number of anilines is 2. The number of carbonyl (C=O) groups is 1. The van der Waals surface area contributed by atoms with Crippen LogP contribution >= 0.6 is 0 Å². The van der Waals surface area contributed by atoms with Crippen molar-refractivity contribution in [1.82, 2.24) is 0 Å². The second-order valence-electron chi connectivity index (χ2n) is 7.48. The molecule has 0 aliphatic carbocycles. The number of nitrogens with one attached hydrogen (secondary N) is 2. The average molecular weight is 489 g/mol. The standard InChI is InChI=1S/C27H24N2O5S/c1-2-33-23-14-10-22(11-15-23)29-35(31,32)25-16-12-21(13-17-25)28-27(30)26(19-24-9-6-18-34-24)20-7-4-3-5-8-20/h3-19,29H,2H2,1H3,(H,28,30)/b26-19+. The van der Waals surface area contributed by atoms with Gasteiger partial charge in [0, 0.05) is 11.4 Å². The van der Waals surface area contributed by atoms with Gasteiger partial charge in [-0.05, 0) is 79.2 Å². The molecule has 0 spiro atoms. The highest BCUT2D eigenvalue weighted by molar-refractivity contribution is 7.92. The van der Waals surface area contributed by atoms with Gasteiger partial charge in [0.05, 0.1) is 23.3 Å². The highest BCUT2D eigenvalue weighted by Gasteiger charge is 2.16. The van der Waals surface area contributed by atoms with Crippen molar-refractivity contribution in [2.24, 2.45) is 0 Å². The van der Waals surface area contributed by atoms with Gasteiger partial charge in [0.15, 0.2) is 0 Å². The molecule has 1 aromatic heterocycles. The molecule has 35 heavy (non-hydrogen) atoms. The summed E-state index contributed by atoms with van der Waals surface area (Å²) >= 11 is 0. The summed E-state index contributed by atoms with van der Waals surface area (Å²) < 4.78 is 38.8. The summed E-state index contributed by atoms with van der Waals surface area (Å²) in [6, 6.07) is 25.3. The number of ether oxygens (including phenoxy) is 1. The van der Waals surface area contributed by atoms with Gasteiger partial charge in [-0.2, -0.15) is 0 Å². The fourth-order valence-electron chi connectivity index (χ4n) is 3.33. The smallest absolute Gasteiger partial charge is 0.261 e. The zero-order valence-electron chi connectivity index (χ0n) is 19.0. The quantitative estimate of drug-likeness (QED) is 0.296. The molecule has 1 amide bonds. The Bertz CT molecular complexity index is 1390. The Morgan fingerprint density at radius 1 is 0.886 bits per heavy atom. The van der Waals surface area contributed by atoms with Gasteiger partial charge in [-0.3, -0.25) is 9.52 Å². The summed E-state index contributed by atoms with van der Waals surface area (Å²) in [6.07, 6.45) is 3.19. The van der Waals surface area contributed by atoms with Crippen LogP contribution in [0, 0.1) is 0 Å². The molecule has 0 aliphatic rings. The van der Waals surface area contributed by atoms with Crippen molar-refractivity contribution >= 4 is 39.0 Å². The lowest BCUT2D eigenvalue weighted by molar-refractivity contribution is -0.111. The molecular formula is C27H24N2O5S. The highest BCUT2D eigenvalue weighted by atomic mass is 32.2. The van der Waals surface area contributed by atoms with E-state index in [4.69, 9.17) is 9.15 Å². The van der Waals surface area contributed by atoms with E-state index in [9.17, 15) is 13.2 Å². The molecule has 0 saturated heterocycles. The minimum Gasteiger partial charge on any atom is -0.494 e. The molecule has 0 saturated carbocycles. The van der Waals surface area contributed by atoms with E-state index in [0.29, 0.717) is 35.1 Å². The topological polar surface area (TPSA) is 97.6 Å². The normalized spacial score (nSPS) is 11.6. The number of rotatable bonds is 9. The van der Waals surface area contributed by atoms with Crippen LogP contribution in [-0.4, -0.2) is 20.9 Å². The van der Waals surface area contributed by atoms with Gasteiger partial charge in [-0.15, -0.1) is 0 Å². The number of hydrogen-bond acceptors (Lipinski definition) is 5. The van der Waals surface area contributed by atoms with E-state index in [-0.39, 0.29) is 10.8 Å². The van der Waals surface area contributed by atoms with Crippen molar-refractivity contribution in [3.63, 3.8) is 0 Å². The van der Waals surface area contributed by atoms with Gasteiger partial charge < -0.3 is 14.5 Å². The van der Waals surface area contributed by atoms with E-state index >= 15 is 0 Å². The van der Waals surface area contributed by atoms with Gasteiger partial charge in [0.1, 0.15) is 11.5 Å². The molecule has 7 nitrogen and oxygen atoms in total. The molecule has 4 aromatic rings. The first-order valence-corrected chi connectivity index (χ1v) is 12.4. The summed E-state index contributed by atoms with van der Waals surface area (Å²) in [5, 5.41) is 2.82. The lowest BCUT2D eigenvalue weighted by Gasteiger charge is -2.11. The second kappa shape index (κ2) is 10.8. The van der Waals surface area contributed by atoms with Crippen LogP contribution < -0.4 is 14.8 Å². The van der Waals surface area contributed by atoms with Gasteiger partial charge >= 0.3 is 0 Å². The molecule has 3 aromatic carbocycles.